The lowest BCUT2D eigenvalue weighted by Gasteiger charge is -2.10. The van der Waals surface area contributed by atoms with Crippen molar-refractivity contribution in [1.29, 1.82) is 0 Å². The molecule has 0 aliphatic carbocycles. The molecule has 3 rings (SSSR count). The molecule has 0 bridgehead atoms. The summed E-state index contributed by atoms with van der Waals surface area (Å²) in [6, 6.07) is 16.9. The van der Waals surface area contributed by atoms with Crippen molar-refractivity contribution in [2.75, 3.05) is 7.11 Å². The van der Waals surface area contributed by atoms with E-state index in [1.807, 2.05) is 54.6 Å². The number of hydrogen-bond acceptors (Lipinski definition) is 4. The highest BCUT2D eigenvalue weighted by atomic mass is 32.1. The van der Waals surface area contributed by atoms with Crippen molar-refractivity contribution < 1.29 is 19.3 Å². The molecule has 0 saturated heterocycles. The van der Waals surface area contributed by atoms with Gasteiger partial charge in [-0.2, -0.15) is 10.3 Å². The molecule has 2 aromatic carbocycles. The molecular weight excluding hydrogens is 324 g/mol. The lowest BCUT2D eigenvalue weighted by Crippen LogP contribution is -2.84. The third-order valence-corrected chi connectivity index (χ3v) is 3.50. The van der Waals surface area contributed by atoms with Crippen molar-refractivity contribution in [3.8, 4) is 11.5 Å². The molecule has 2 aromatic rings. The predicted molar refractivity (Wildman–Crippen MR) is 94.7 cm³/mol. The summed E-state index contributed by atoms with van der Waals surface area (Å²) in [5.74, 6) is 1.42. The van der Waals surface area contributed by atoms with Crippen LogP contribution in [0.1, 0.15) is 5.56 Å². The van der Waals surface area contributed by atoms with Gasteiger partial charge in [0.1, 0.15) is 17.1 Å². The molecule has 1 amide bonds. The normalized spacial score (nSPS) is 15.7. The first kappa shape index (κ1) is 15.9. The Labute approximate surface area is 144 Å². The Hall–Kier alpha value is -2.99. The smallest absolute Gasteiger partial charge is 0.352 e. The summed E-state index contributed by atoms with van der Waals surface area (Å²) < 4.78 is 11.0. The van der Waals surface area contributed by atoms with Gasteiger partial charge >= 0.3 is 11.0 Å². The van der Waals surface area contributed by atoms with E-state index >= 15 is 0 Å². The van der Waals surface area contributed by atoms with Crippen LogP contribution in [0.5, 0.6) is 11.5 Å². The quantitative estimate of drug-likeness (QED) is 0.656. The van der Waals surface area contributed by atoms with Crippen LogP contribution >= 0.6 is 12.2 Å². The number of para-hydroxylation sites is 1. The third-order valence-electron chi connectivity index (χ3n) is 3.30. The summed E-state index contributed by atoms with van der Waals surface area (Å²) >= 11 is 4.95. The first-order valence-corrected chi connectivity index (χ1v) is 7.65. The monoisotopic (exact) mass is 339 g/mol. The van der Waals surface area contributed by atoms with E-state index in [4.69, 9.17) is 21.7 Å². The van der Waals surface area contributed by atoms with E-state index in [-0.39, 0.29) is 11.0 Å². The van der Waals surface area contributed by atoms with E-state index in [9.17, 15) is 4.79 Å². The number of hydrogen-bond donors (Lipinski definition) is 2. The van der Waals surface area contributed by atoms with Crippen LogP contribution in [0.4, 0.5) is 0 Å². The Morgan fingerprint density at radius 2 is 1.83 bits per heavy atom. The Balaban J connectivity index is 1.90. The Bertz CT molecular complexity index is 844. The van der Waals surface area contributed by atoms with Crippen LogP contribution in [0, 0.1) is 0 Å². The topological polar surface area (TPSA) is 61.5 Å². The number of nitrogens with one attached hydrogen (secondary N) is 2. The number of amides is 1. The largest absolute Gasteiger partial charge is 0.465 e. The molecule has 2 N–H and O–H groups in total. The average Bonchev–Trinajstić information content (AvgIpc) is 2.58. The number of benzene rings is 2. The van der Waals surface area contributed by atoms with Gasteiger partial charge in [0.25, 0.3) is 5.90 Å². The zero-order chi connectivity index (χ0) is 16.9. The first-order chi connectivity index (χ1) is 11.7. The molecule has 0 atom stereocenters. The van der Waals surface area contributed by atoms with E-state index in [0.717, 1.165) is 11.3 Å². The molecule has 1 aliphatic rings. The standard InChI is InChI=1S/C18H14N2O3S/c1-22-17-15(16(21)19-18(24)20-17)11-12-6-5-9-14(10-12)23-13-7-3-2-4-8-13/h2-11H,1H3,(H,19,21,24)/p+1/b15-11-. The maximum Gasteiger partial charge on any atom is 0.352 e. The van der Waals surface area contributed by atoms with E-state index < -0.39 is 0 Å². The van der Waals surface area contributed by atoms with Gasteiger partial charge in [-0.3, -0.25) is 0 Å². The summed E-state index contributed by atoms with van der Waals surface area (Å²) in [6.45, 7) is 0. The van der Waals surface area contributed by atoms with Crippen molar-refractivity contribution in [3.05, 3.63) is 65.7 Å². The summed E-state index contributed by atoms with van der Waals surface area (Å²) in [6.07, 6.45) is 1.71. The van der Waals surface area contributed by atoms with Crippen LogP contribution in [0.3, 0.4) is 0 Å². The average molecular weight is 339 g/mol. The van der Waals surface area contributed by atoms with Gasteiger partial charge in [-0.05, 0) is 35.9 Å². The maximum absolute atomic E-state index is 12.1. The summed E-state index contributed by atoms with van der Waals surface area (Å²) in [7, 11) is 1.48. The van der Waals surface area contributed by atoms with Crippen molar-refractivity contribution in [3.63, 3.8) is 0 Å². The number of thiocarbonyl (C=S) groups is 1. The van der Waals surface area contributed by atoms with Crippen molar-refractivity contribution in [1.82, 2.24) is 5.32 Å². The number of ether oxygens (including phenoxy) is 2. The minimum atomic E-state index is -0.315. The molecule has 0 fully saturated rings. The molecule has 24 heavy (non-hydrogen) atoms. The third kappa shape index (κ3) is 3.67. The lowest BCUT2D eigenvalue weighted by atomic mass is 10.1. The summed E-state index contributed by atoms with van der Waals surface area (Å²) in [5, 5.41) is 2.77. The summed E-state index contributed by atoms with van der Waals surface area (Å²) in [4.78, 5) is 14.9. The van der Waals surface area contributed by atoms with Gasteiger partial charge in [-0.25, -0.2) is 4.79 Å². The van der Waals surface area contributed by atoms with Gasteiger partial charge < -0.3 is 9.47 Å². The fraction of sp³-hybridized carbons (Fsp3) is 0.0556. The number of methoxy groups -OCH3 is 1. The van der Waals surface area contributed by atoms with Gasteiger partial charge in [0.2, 0.25) is 0 Å². The SMILES string of the molecule is COC1=[NH+]C(=S)NC(=O)/C1=C/c1cccc(Oc2ccccc2)c1. The zero-order valence-electron chi connectivity index (χ0n) is 12.9. The Morgan fingerprint density at radius 3 is 2.58 bits per heavy atom. The maximum atomic E-state index is 12.1. The second-order valence-corrected chi connectivity index (χ2v) is 5.40. The highest BCUT2D eigenvalue weighted by Gasteiger charge is 2.30. The van der Waals surface area contributed by atoms with Gasteiger partial charge in [0.05, 0.1) is 7.11 Å². The highest BCUT2D eigenvalue weighted by Crippen LogP contribution is 2.23. The summed E-state index contributed by atoms with van der Waals surface area (Å²) in [5.41, 5.74) is 1.17. The number of rotatable bonds is 3. The van der Waals surface area contributed by atoms with E-state index in [2.05, 4.69) is 10.3 Å². The first-order valence-electron chi connectivity index (χ1n) is 7.24. The van der Waals surface area contributed by atoms with Crippen LogP contribution in [-0.2, 0) is 9.53 Å². The highest BCUT2D eigenvalue weighted by molar-refractivity contribution is 7.79. The van der Waals surface area contributed by atoms with E-state index in [1.165, 1.54) is 7.11 Å². The lowest BCUT2D eigenvalue weighted by molar-refractivity contribution is -0.330. The van der Waals surface area contributed by atoms with Crippen molar-refractivity contribution in [2.24, 2.45) is 0 Å². The molecule has 0 aromatic heterocycles. The molecule has 120 valence electrons. The molecule has 5 nitrogen and oxygen atoms in total. The van der Waals surface area contributed by atoms with Crippen LogP contribution in [0.2, 0.25) is 0 Å². The molecule has 1 aliphatic heterocycles. The van der Waals surface area contributed by atoms with E-state index in [0.29, 0.717) is 17.2 Å². The molecule has 6 heteroatoms. The van der Waals surface area contributed by atoms with Crippen LogP contribution in [-0.4, -0.2) is 24.0 Å². The van der Waals surface area contributed by atoms with Crippen LogP contribution in [0.15, 0.2) is 60.2 Å². The van der Waals surface area contributed by atoms with Crippen molar-refractivity contribution >= 4 is 35.2 Å². The second-order valence-electron chi connectivity index (χ2n) is 4.99. The molecule has 0 radical (unpaired) electrons. The second kappa shape index (κ2) is 7.06. The van der Waals surface area contributed by atoms with Crippen molar-refractivity contribution in [2.45, 2.75) is 0 Å². The zero-order valence-corrected chi connectivity index (χ0v) is 13.7. The Kier molecular flexibility index (Phi) is 4.67. The van der Waals surface area contributed by atoms with Crippen LogP contribution < -0.4 is 15.0 Å². The molecule has 0 unspecified atom stereocenters. The van der Waals surface area contributed by atoms with Crippen LogP contribution in [0.25, 0.3) is 6.08 Å². The fourth-order valence-corrected chi connectivity index (χ4v) is 2.41. The molecular formula is C18H15N2O3S+. The Morgan fingerprint density at radius 1 is 1.08 bits per heavy atom. The number of carbonyl (C=O) groups excluding carboxylic acids is 1. The van der Waals surface area contributed by atoms with E-state index in [1.54, 1.807) is 6.08 Å². The van der Waals surface area contributed by atoms with Gasteiger partial charge in [0, 0.05) is 12.2 Å². The fourth-order valence-electron chi connectivity index (χ4n) is 2.23. The number of carbonyl (C=O) groups is 1. The van der Waals surface area contributed by atoms with Gasteiger partial charge in [0.15, 0.2) is 0 Å². The molecule has 0 spiro atoms. The van der Waals surface area contributed by atoms with Gasteiger partial charge in [-0.1, -0.05) is 30.3 Å². The minimum Gasteiger partial charge on any atom is -0.465 e. The minimum absolute atomic E-state index is 0.218. The molecule has 0 saturated carbocycles. The predicted octanol–water partition coefficient (Wildman–Crippen LogP) is 1.40. The molecule has 1 heterocycles. The van der Waals surface area contributed by atoms with Gasteiger partial charge in [-0.15, -0.1) is 0 Å².